The predicted octanol–water partition coefficient (Wildman–Crippen LogP) is 6.85. The SMILES string of the molecule is Cc1nc(C(=O)N2CCCC[C@H]2Cc2nnc(-c3cccc(Cl)c3Cl)o2)c(-c2ccc(F)cc2)s1. The highest BCUT2D eigenvalue weighted by molar-refractivity contribution is 7.15. The molecular formula is C25H21Cl2FN4O2S. The summed E-state index contributed by atoms with van der Waals surface area (Å²) in [5, 5.41) is 9.88. The zero-order valence-corrected chi connectivity index (χ0v) is 21.1. The van der Waals surface area contributed by atoms with E-state index in [0.29, 0.717) is 40.2 Å². The summed E-state index contributed by atoms with van der Waals surface area (Å²) in [6.07, 6.45) is 3.14. The number of amides is 1. The third-order valence-corrected chi connectivity index (χ3v) is 7.83. The number of nitrogens with zero attached hydrogens (tertiary/aromatic N) is 4. The monoisotopic (exact) mass is 530 g/mol. The molecule has 2 aromatic heterocycles. The molecule has 0 bridgehead atoms. The van der Waals surface area contributed by atoms with Crippen LogP contribution in [0.5, 0.6) is 0 Å². The number of aryl methyl sites for hydroxylation is 1. The van der Waals surface area contributed by atoms with E-state index in [-0.39, 0.29) is 23.7 Å². The van der Waals surface area contributed by atoms with Crippen LogP contribution >= 0.6 is 34.5 Å². The topological polar surface area (TPSA) is 72.1 Å². The maximum Gasteiger partial charge on any atom is 0.274 e. The maximum atomic E-state index is 13.7. The average Bonchev–Trinajstić information content (AvgIpc) is 3.48. The second-order valence-corrected chi connectivity index (χ2v) is 10.4. The number of benzene rings is 2. The third kappa shape index (κ3) is 4.96. The van der Waals surface area contributed by atoms with E-state index in [1.165, 1.54) is 23.5 Å². The van der Waals surface area contributed by atoms with E-state index in [1.807, 2.05) is 11.8 Å². The molecule has 1 aliphatic heterocycles. The molecule has 180 valence electrons. The van der Waals surface area contributed by atoms with Crippen LogP contribution in [0.2, 0.25) is 10.0 Å². The highest BCUT2D eigenvalue weighted by Gasteiger charge is 2.32. The van der Waals surface area contributed by atoms with Gasteiger partial charge in [0.2, 0.25) is 11.8 Å². The van der Waals surface area contributed by atoms with E-state index >= 15 is 0 Å². The normalized spacial score (nSPS) is 16.0. The summed E-state index contributed by atoms with van der Waals surface area (Å²) in [5.41, 5.74) is 1.73. The van der Waals surface area contributed by atoms with E-state index < -0.39 is 0 Å². The molecule has 0 spiro atoms. The highest BCUT2D eigenvalue weighted by atomic mass is 35.5. The van der Waals surface area contributed by atoms with Gasteiger partial charge in [-0.15, -0.1) is 21.5 Å². The molecule has 5 rings (SSSR count). The summed E-state index contributed by atoms with van der Waals surface area (Å²) >= 11 is 13.8. The van der Waals surface area contributed by atoms with Crippen LogP contribution < -0.4 is 0 Å². The van der Waals surface area contributed by atoms with Gasteiger partial charge in [0, 0.05) is 19.0 Å². The number of rotatable bonds is 5. The van der Waals surface area contributed by atoms with E-state index in [1.54, 1.807) is 30.3 Å². The van der Waals surface area contributed by atoms with Gasteiger partial charge in [-0.2, -0.15) is 0 Å². The number of carbonyl (C=O) groups excluding carboxylic acids is 1. The number of likely N-dealkylation sites (tertiary alicyclic amines) is 1. The van der Waals surface area contributed by atoms with E-state index in [4.69, 9.17) is 27.6 Å². The fourth-order valence-electron chi connectivity index (χ4n) is 4.30. The number of piperidine rings is 1. The highest BCUT2D eigenvalue weighted by Crippen LogP contribution is 2.34. The molecule has 4 aromatic rings. The lowest BCUT2D eigenvalue weighted by Crippen LogP contribution is -2.45. The summed E-state index contributed by atoms with van der Waals surface area (Å²) in [4.78, 5) is 20.8. The van der Waals surface area contributed by atoms with Crippen molar-refractivity contribution in [2.75, 3.05) is 6.54 Å². The fraction of sp³-hybridized carbons (Fsp3) is 0.280. The van der Waals surface area contributed by atoms with Crippen LogP contribution in [0.25, 0.3) is 21.9 Å². The molecular weight excluding hydrogens is 510 g/mol. The molecule has 1 amide bonds. The van der Waals surface area contributed by atoms with E-state index in [0.717, 1.165) is 34.7 Å². The largest absolute Gasteiger partial charge is 0.421 e. The maximum absolute atomic E-state index is 13.7. The van der Waals surface area contributed by atoms with Gasteiger partial charge in [-0.1, -0.05) is 41.4 Å². The third-order valence-electron chi connectivity index (χ3n) is 5.99. The smallest absolute Gasteiger partial charge is 0.274 e. The Labute approximate surface area is 215 Å². The minimum Gasteiger partial charge on any atom is -0.421 e. The van der Waals surface area contributed by atoms with Gasteiger partial charge in [-0.25, -0.2) is 9.37 Å². The summed E-state index contributed by atoms with van der Waals surface area (Å²) < 4.78 is 19.3. The average molecular weight is 531 g/mol. The van der Waals surface area contributed by atoms with Crippen molar-refractivity contribution in [3.05, 3.63) is 74.9 Å². The first-order chi connectivity index (χ1) is 16.9. The number of thiazole rings is 1. The van der Waals surface area contributed by atoms with E-state index in [9.17, 15) is 9.18 Å². The van der Waals surface area contributed by atoms with Crippen molar-refractivity contribution in [2.24, 2.45) is 0 Å². The van der Waals surface area contributed by atoms with Crippen molar-refractivity contribution in [2.45, 2.75) is 38.6 Å². The Balaban J connectivity index is 1.40. The van der Waals surface area contributed by atoms with Gasteiger partial charge in [-0.3, -0.25) is 4.79 Å². The number of hydrogen-bond donors (Lipinski definition) is 0. The molecule has 0 N–H and O–H groups in total. The van der Waals surface area contributed by atoms with Crippen molar-refractivity contribution < 1.29 is 13.6 Å². The molecule has 0 saturated carbocycles. The minimum absolute atomic E-state index is 0.109. The van der Waals surface area contributed by atoms with Crippen LogP contribution in [0.1, 0.15) is 40.6 Å². The molecule has 1 aliphatic rings. The molecule has 6 nitrogen and oxygen atoms in total. The van der Waals surface area contributed by atoms with Gasteiger partial charge in [0.05, 0.1) is 25.5 Å². The van der Waals surface area contributed by atoms with Crippen molar-refractivity contribution in [3.8, 4) is 21.9 Å². The molecule has 3 heterocycles. The Morgan fingerprint density at radius 3 is 2.77 bits per heavy atom. The van der Waals surface area contributed by atoms with E-state index in [2.05, 4.69) is 15.2 Å². The molecule has 10 heteroatoms. The standard InChI is InChI=1S/C25H21Cl2FN4O2S/c1-14-29-22(23(35-14)15-8-10-16(28)11-9-15)25(33)32-12-3-2-5-17(32)13-20-30-31-24(34-20)18-6-4-7-19(26)21(18)27/h4,6-11,17H,2-3,5,12-13H2,1H3/t17-/m0/s1. The molecule has 0 radical (unpaired) electrons. The fourth-order valence-corrected chi connectivity index (χ4v) is 5.60. The molecule has 1 saturated heterocycles. The lowest BCUT2D eigenvalue weighted by molar-refractivity contribution is 0.0601. The van der Waals surface area contributed by atoms with Crippen LogP contribution in [0.3, 0.4) is 0 Å². The van der Waals surface area contributed by atoms with Gasteiger partial charge in [-0.05, 0) is 56.0 Å². The number of aromatic nitrogens is 3. The first kappa shape index (κ1) is 23.9. The number of hydrogen-bond acceptors (Lipinski definition) is 6. The number of halogens is 3. The molecule has 0 unspecified atom stereocenters. The van der Waals surface area contributed by atoms with Crippen molar-refractivity contribution >= 4 is 40.4 Å². The molecule has 2 aromatic carbocycles. The number of carbonyl (C=O) groups is 1. The van der Waals surface area contributed by atoms with Crippen molar-refractivity contribution in [1.82, 2.24) is 20.1 Å². The zero-order chi connectivity index (χ0) is 24.5. The van der Waals surface area contributed by atoms with Crippen LogP contribution in [-0.4, -0.2) is 38.6 Å². The Bertz CT molecular complexity index is 1370. The molecule has 0 aliphatic carbocycles. The zero-order valence-electron chi connectivity index (χ0n) is 18.8. The Kier molecular flexibility index (Phi) is 6.86. The van der Waals surface area contributed by atoms with Crippen molar-refractivity contribution in [3.63, 3.8) is 0 Å². The van der Waals surface area contributed by atoms with Crippen LogP contribution in [0.15, 0.2) is 46.9 Å². The summed E-state index contributed by atoms with van der Waals surface area (Å²) in [6, 6.07) is 11.2. The van der Waals surface area contributed by atoms with Gasteiger partial charge in [0.15, 0.2) is 0 Å². The van der Waals surface area contributed by atoms with Crippen LogP contribution in [-0.2, 0) is 6.42 Å². The predicted molar refractivity (Wildman–Crippen MR) is 134 cm³/mol. The Morgan fingerprint density at radius 2 is 1.97 bits per heavy atom. The Hall–Kier alpha value is -2.81. The van der Waals surface area contributed by atoms with Crippen LogP contribution in [0, 0.1) is 12.7 Å². The lowest BCUT2D eigenvalue weighted by Gasteiger charge is -2.35. The first-order valence-electron chi connectivity index (χ1n) is 11.2. The molecule has 1 atom stereocenters. The quantitative estimate of drug-likeness (QED) is 0.282. The van der Waals surface area contributed by atoms with Crippen molar-refractivity contribution in [1.29, 1.82) is 0 Å². The van der Waals surface area contributed by atoms with Gasteiger partial charge in [0.25, 0.3) is 5.91 Å². The summed E-state index contributed by atoms with van der Waals surface area (Å²) in [6.45, 7) is 2.48. The summed E-state index contributed by atoms with van der Waals surface area (Å²) in [7, 11) is 0. The minimum atomic E-state index is -0.322. The van der Waals surface area contributed by atoms with Gasteiger partial charge in [0.1, 0.15) is 11.5 Å². The van der Waals surface area contributed by atoms with Gasteiger partial charge >= 0.3 is 0 Å². The Morgan fingerprint density at radius 1 is 1.17 bits per heavy atom. The summed E-state index contributed by atoms with van der Waals surface area (Å²) in [5.74, 6) is 0.247. The second-order valence-electron chi connectivity index (χ2n) is 8.37. The lowest BCUT2D eigenvalue weighted by atomic mass is 9.98. The molecule has 35 heavy (non-hydrogen) atoms. The molecule has 1 fully saturated rings. The second kappa shape index (κ2) is 10.0. The van der Waals surface area contributed by atoms with Crippen LogP contribution in [0.4, 0.5) is 4.39 Å². The first-order valence-corrected chi connectivity index (χ1v) is 12.8. The van der Waals surface area contributed by atoms with Gasteiger partial charge < -0.3 is 9.32 Å².